The molecule has 2 rings (SSSR count). The topological polar surface area (TPSA) is 32.3 Å². The normalized spacial score (nSPS) is 20.4. The van der Waals surface area contributed by atoms with Crippen molar-refractivity contribution >= 4 is 5.91 Å². The Balaban J connectivity index is 2.04. The fourth-order valence-corrected chi connectivity index (χ4v) is 2.96. The molecule has 0 aliphatic carbocycles. The van der Waals surface area contributed by atoms with E-state index in [0.717, 1.165) is 19.4 Å². The first kappa shape index (κ1) is 15.0. The predicted molar refractivity (Wildman–Crippen MR) is 77.8 cm³/mol. The van der Waals surface area contributed by atoms with Crippen LogP contribution in [-0.4, -0.2) is 30.9 Å². The van der Waals surface area contributed by atoms with Crippen LogP contribution in [0.2, 0.25) is 0 Å². The molecule has 1 saturated heterocycles. The van der Waals surface area contributed by atoms with Gasteiger partial charge in [-0.05, 0) is 25.5 Å². The lowest BCUT2D eigenvalue weighted by atomic mass is 10.0. The van der Waals surface area contributed by atoms with E-state index in [4.69, 9.17) is 0 Å². The van der Waals surface area contributed by atoms with E-state index in [1.807, 2.05) is 11.0 Å². The molecule has 0 bridgehead atoms. The molecule has 1 fully saturated rings. The number of carbonyl (C=O) groups excluding carboxylic acids is 1. The van der Waals surface area contributed by atoms with E-state index in [-0.39, 0.29) is 17.8 Å². The number of likely N-dealkylation sites (tertiary alicyclic amines) is 1. The highest BCUT2D eigenvalue weighted by Crippen LogP contribution is 2.25. The van der Waals surface area contributed by atoms with Crippen molar-refractivity contribution in [3.8, 4) is 0 Å². The Morgan fingerprint density at radius 1 is 1.45 bits per heavy atom. The first-order valence-electron chi connectivity index (χ1n) is 7.35. The van der Waals surface area contributed by atoms with E-state index in [1.54, 1.807) is 19.2 Å². The average molecular weight is 278 g/mol. The lowest BCUT2D eigenvalue weighted by Gasteiger charge is -2.24. The molecule has 1 aromatic rings. The van der Waals surface area contributed by atoms with Crippen LogP contribution in [0.25, 0.3) is 0 Å². The Hall–Kier alpha value is -1.42. The summed E-state index contributed by atoms with van der Waals surface area (Å²) in [5, 5.41) is 3.12. The summed E-state index contributed by atoms with van der Waals surface area (Å²) >= 11 is 0. The van der Waals surface area contributed by atoms with Crippen LogP contribution in [0.3, 0.4) is 0 Å². The molecule has 2 atom stereocenters. The Morgan fingerprint density at radius 3 is 2.85 bits per heavy atom. The number of hydrogen-bond donors (Lipinski definition) is 1. The molecule has 1 aromatic carbocycles. The molecule has 3 nitrogen and oxygen atoms in total. The number of halogens is 1. The molecule has 1 amide bonds. The second kappa shape index (κ2) is 6.84. The van der Waals surface area contributed by atoms with E-state index in [1.165, 1.54) is 6.07 Å². The van der Waals surface area contributed by atoms with Crippen molar-refractivity contribution in [1.82, 2.24) is 10.2 Å². The molecular weight excluding hydrogens is 255 g/mol. The van der Waals surface area contributed by atoms with Crippen LogP contribution in [0.1, 0.15) is 37.8 Å². The van der Waals surface area contributed by atoms with Gasteiger partial charge < -0.3 is 10.2 Å². The summed E-state index contributed by atoms with van der Waals surface area (Å²) in [5.74, 6) is 0.439. The number of benzene rings is 1. The highest BCUT2D eigenvalue weighted by Gasteiger charge is 2.30. The molecule has 0 saturated carbocycles. The Bertz CT molecular complexity index is 464. The van der Waals surface area contributed by atoms with Gasteiger partial charge in [-0.1, -0.05) is 31.5 Å². The van der Waals surface area contributed by atoms with Crippen molar-refractivity contribution in [3.05, 3.63) is 35.6 Å². The molecule has 1 heterocycles. The molecule has 0 aromatic heterocycles. The predicted octanol–water partition coefficient (Wildman–Crippen LogP) is 2.73. The summed E-state index contributed by atoms with van der Waals surface area (Å²) in [5.41, 5.74) is 0.627. The van der Waals surface area contributed by atoms with E-state index in [2.05, 4.69) is 12.2 Å². The SMILES string of the molecule is CCCC1CC(=O)N(CC(NC)c2ccccc2F)C1. The minimum atomic E-state index is -0.219. The summed E-state index contributed by atoms with van der Waals surface area (Å²) in [6.07, 6.45) is 2.84. The molecule has 110 valence electrons. The van der Waals surface area contributed by atoms with E-state index < -0.39 is 0 Å². The maximum atomic E-state index is 13.9. The van der Waals surface area contributed by atoms with Gasteiger partial charge in [-0.15, -0.1) is 0 Å². The van der Waals surface area contributed by atoms with Crippen molar-refractivity contribution < 1.29 is 9.18 Å². The van der Waals surface area contributed by atoms with Crippen molar-refractivity contribution in [3.63, 3.8) is 0 Å². The quantitative estimate of drug-likeness (QED) is 0.868. The van der Waals surface area contributed by atoms with Gasteiger partial charge in [-0.2, -0.15) is 0 Å². The second-order valence-corrected chi connectivity index (χ2v) is 5.52. The van der Waals surface area contributed by atoms with Crippen LogP contribution in [0, 0.1) is 11.7 Å². The van der Waals surface area contributed by atoms with Crippen LogP contribution < -0.4 is 5.32 Å². The third-order valence-corrected chi connectivity index (χ3v) is 4.02. The van der Waals surface area contributed by atoms with Gasteiger partial charge in [0.05, 0.1) is 6.04 Å². The van der Waals surface area contributed by atoms with Crippen molar-refractivity contribution in [2.75, 3.05) is 20.1 Å². The monoisotopic (exact) mass is 278 g/mol. The summed E-state index contributed by atoms with van der Waals surface area (Å²) in [6, 6.07) is 6.60. The van der Waals surface area contributed by atoms with Crippen molar-refractivity contribution in [2.45, 2.75) is 32.2 Å². The van der Waals surface area contributed by atoms with Crippen LogP contribution in [0.4, 0.5) is 4.39 Å². The van der Waals surface area contributed by atoms with E-state index in [0.29, 0.717) is 24.4 Å². The standard InChI is InChI=1S/C16H23FN2O/c1-3-6-12-9-16(20)19(10-12)11-15(18-2)13-7-4-5-8-14(13)17/h4-5,7-8,12,15,18H,3,6,9-11H2,1-2H3. The highest BCUT2D eigenvalue weighted by molar-refractivity contribution is 5.78. The van der Waals surface area contributed by atoms with Gasteiger partial charge in [0.2, 0.25) is 5.91 Å². The summed E-state index contributed by atoms with van der Waals surface area (Å²) < 4.78 is 13.9. The molecule has 4 heteroatoms. The molecular formula is C16H23FN2O. The number of likely N-dealkylation sites (N-methyl/N-ethyl adjacent to an activating group) is 1. The van der Waals surface area contributed by atoms with Crippen LogP contribution >= 0.6 is 0 Å². The number of carbonyl (C=O) groups is 1. The molecule has 1 aliphatic rings. The highest BCUT2D eigenvalue weighted by atomic mass is 19.1. The largest absolute Gasteiger partial charge is 0.340 e. The van der Waals surface area contributed by atoms with Gasteiger partial charge >= 0.3 is 0 Å². The number of nitrogens with one attached hydrogen (secondary N) is 1. The van der Waals surface area contributed by atoms with Gasteiger partial charge in [0.15, 0.2) is 0 Å². The Morgan fingerprint density at radius 2 is 2.20 bits per heavy atom. The maximum Gasteiger partial charge on any atom is 0.222 e. The number of hydrogen-bond acceptors (Lipinski definition) is 2. The Labute approximate surface area is 120 Å². The van der Waals surface area contributed by atoms with Gasteiger partial charge in [0.25, 0.3) is 0 Å². The molecule has 0 radical (unpaired) electrons. The maximum absolute atomic E-state index is 13.9. The second-order valence-electron chi connectivity index (χ2n) is 5.52. The number of amides is 1. The van der Waals surface area contributed by atoms with Crippen LogP contribution in [0.5, 0.6) is 0 Å². The first-order valence-corrected chi connectivity index (χ1v) is 7.35. The lowest BCUT2D eigenvalue weighted by molar-refractivity contribution is -0.128. The summed E-state index contributed by atoms with van der Waals surface area (Å²) in [6.45, 7) is 3.48. The lowest BCUT2D eigenvalue weighted by Crippen LogP contribution is -2.35. The molecule has 20 heavy (non-hydrogen) atoms. The van der Waals surface area contributed by atoms with Gasteiger partial charge in [0.1, 0.15) is 5.82 Å². The van der Waals surface area contributed by atoms with E-state index in [9.17, 15) is 9.18 Å². The summed E-state index contributed by atoms with van der Waals surface area (Å²) in [7, 11) is 1.81. The van der Waals surface area contributed by atoms with Gasteiger partial charge in [0, 0.05) is 25.1 Å². The van der Waals surface area contributed by atoms with Gasteiger partial charge in [-0.25, -0.2) is 4.39 Å². The average Bonchev–Trinajstić information content (AvgIpc) is 2.77. The Kier molecular flexibility index (Phi) is 5.12. The fourth-order valence-electron chi connectivity index (χ4n) is 2.96. The van der Waals surface area contributed by atoms with Crippen LogP contribution in [0.15, 0.2) is 24.3 Å². The minimum absolute atomic E-state index is 0.152. The van der Waals surface area contributed by atoms with Crippen LogP contribution in [-0.2, 0) is 4.79 Å². The minimum Gasteiger partial charge on any atom is -0.340 e. The molecule has 0 spiro atoms. The zero-order chi connectivity index (χ0) is 14.5. The number of nitrogens with zero attached hydrogens (tertiary/aromatic N) is 1. The van der Waals surface area contributed by atoms with Gasteiger partial charge in [-0.3, -0.25) is 4.79 Å². The smallest absolute Gasteiger partial charge is 0.222 e. The molecule has 1 N–H and O–H groups in total. The van der Waals surface area contributed by atoms with Crippen molar-refractivity contribution in [1.29, 1.82) is 0 Å². The molecule has 1 aliphatic heterocycles. The molecule has 2 unspecified atom stereocenters. The zero-order valence-electron chi connectivity index (χ0n) is 12.2. The third kappa shape index (κ3) is 3.37. The number of rotatable bonds is 6. The fraction of sp³-hybridized carbons (Fsp3) is 0.562. The third-order valence-electron chi connectivity index (χ3n) is 4.02. The first-order chi connectivity index (χ1) is 9.65. The summed E-state index contributed by atoms with van der Waals surface area (Å²) in [4.78, 5) is 13.9. The zero-order valence-corrected chi connectivity index (χ0v) is 12.2. The van der Waals surface area contributed by atoms with E-state index >= 15 is 0 Å². The van der Waals surface area contributed by atoms with Crippen molar-refractivity contribution in [2.24, 2.45) is 5.92 Å².